The number of hydrogen-bond acceptors (Lipinski definition) is 3. The highest BCUT2D eigenvalue weighted by atomic mass is 35.5. The molecular formula is C16H17ClN2O2. The van der Waals surface area contributed by atoms with E-state index in [1.54, 1.807) is 6.92 Å². The van der Waals surface area contributed by atoms with Gasteiger partial charge in [0.2, 0.25) is 5.91 Å². The van der Waals surface area contributed by atoms with Crippen LogP contribution in [-0.2, 0) is 17.6 Å². The first-order valence-electron chi connectivity index (χ1n) is 7.18. The zero-order valence-electron chi connectivity index (χ0n) is 11.9. The first-order chi connectivity index (χ1) is 10.1. The minimum absolute atomic E-state index is 0.207. The lowest BCUT2D eigenvalue weighted by Gasteiger charge is -2.10. The van der Waals surface area contributed by atoms with Crippen molar-refractivity contribution in [3.8, 4) is 11.3 Å². The third-order valence-corrected chi connectivity index (χ3v) is 3.93. The molecular weight excluding hydrogens is 288 g/mol. The molecule has 21 heavy (non-hydrogen) atoms. The quantitative estimate of drug-likeness (QED) is 0.878. The minimum Gasteiger partial charge on any atom is -0.356 e. The van der Waals surface area contributed by atoms with Gasteiger partial charge in [-0.05, 0) is 56.9 Å². The number of carbonyl (C=O) groups excluding carboxylic acids is 1. The maximum absolute atomic E-state index is 11.5. The monoisotopic (exact) mass is 304 g/mol. The largest absolute Gasteiger partial charge is 0.356 e. The average molecular weight is 305 g/mol. The van der Waals surface area contributed by atoms with Crippen LogP contribution in [0.4, 0.5) is 5.69 Å². The van der Waals surface area contributed by atoms with Gasteiger partial charge >= 0.3 is 0 Å². The van der Waals surface area contributed by atoms with Crippen LogP contribution in [0, 0.1) is 0 Å². The van der Waals surface area contributed by atoms with Crippen molar-refractivity contribution in [1.29, 1.82) is 0 Å². The summed E-state index contributed by atoms with van der Waals surface area (Å²) in [6.45, 7) is 1.64. The number of aryl methyl sites for hydroxylation is 1. The summed E-state index contributed by atoms with van der Waals surface area (Å²) in [7, 11) is 0. The number of nitrogens with one attached hydrogen (secondary N) is 1. The highest BCUT2D eigenvalue weighted by Crippen LogP contribution is 2.32. The predicted molar refractivity (Wildman–Crippen MR) is 82.5 cm³/mol. The number of halogens is 1. The molecule has 1 heterocycles. The number of rotatable bonds is 3. The van der Waals surface area contributed by atoms with Crippen molar-refractivity contribution >= 4 is 23.2 Å². The van der Waals surface area contributed by atoms with E-state index in [0.29, 0.717) is 0 Å². The standard InChI is InChI=1S/C16H17ClN2O2/c1-10(17)16(20)18-12-8-6-11(7-9-12)15-13-4-2-3-5-14(13)19-21-15/h6-10H,2-5H2,1H3,(H,18,20)/t10-/m1/s1. The Morgan fingerprint density at radius 3 is 2.71 bits per heavy atom. The van der Waals surface area contributed by atoms with Crippen LogP contribution in [0.2, 0.25) is 0 Å². The molecule has 1 aromatic carbocycles. The molecule has 0 bridgehead atoms. The fraction of sp³-hybridized carbons (Fsp3) is 0.375. The van der Waals surface area contributed by atoms with Gasteiger partial charge in [0.1, 0.15) is 5.38 Å². The fourth-order valence-corrected chi connectivity index (χ4v) is 2.62. The van der Waals surface area contributed by atoms with Crippen LogP contribution in [0.25, 0.3) is 11.3 Å². The maximum Gasteiger partial charge on any atom is 0.242 e. The fourth-order valence-electron chi connectivity index (χ4n) is 2.56. The van der Waals surface area contributed by atoms with E-state index in [2.05, 4.69) is 10.5 Å². The van der Waals surface area contributed by atoms with E-state index in [4.69, 9.17) is 16.1 Å². The number of benzene rings is 1. The molecule has 1 aromatic heterocycles. The number of aromatic nitrogens is 1. The molecule has 1 aliphatic carbocycles. The van der Waals surface area contributed by atoms with Crippen molar-refractivity contribution in [3.05, 3.63) is 35.5 Å². The van der Waals surface area contributed by atoms with E-state index in [9.17, 15) is 4.79 Å². The van der Waals surface area contributed by atoms with E-state index in [1.807, 2.05) is 24.3 Å². The second-order valence-electron chi connectivity index (χ2n) is 5.33. The van der Waals surface area contributed by atoms with Crippen LogP contribution in [0.1, 0.15) is 31.0 Å². The Labute approximate surface area is 128 Å². The smallest absolute Gasteiger partial charge is 0.242 e. The van der Waals surface area contributed by atoms with Gasteiger partial charge in [0, 0.05) is 16.8 Å². The molecule has 1 amide bonds. The molecule has 5 heteroatoms. The third-order valence-electron chi connectivity index (χ3n) is 3.74. The van der Waals surface area contributed by atoms with Gasteiger partial charge in [-0.25, -0.2) is 0 Å². The Morgan fingerprint density at radius 2 is 2.00 bits per heavy atom. The minimum atomic E-state index is -0.550. The van der Waals surface area contributed by atoms with Gasteiger partial charge in [0.05, 0.1) is 5.69 Å². The average Bonchev–Trinajstić information content (AvgIpc) is 2.92. The molecule has 4 nitrogen and oxygen atoms in total. The summed E-state index contributed by atoms with van der Waals surface area (Å²) in [4.78, 5) is 11.5. The Bertz CT molecular complexity index is 647. The summed E-state index contributed by atoms with van der Waals surface area (Å²) in [6, 6.07) is 7.57. The number of anilines is 1. The molecule has 1 aliphatic rings. The maximum atomic E-state index is 11.5. The van der Waals surface area contributed by atoms with E-state index in [-0.39, 0.29) is 5.91 Å². The lowest BCUT2D eigenvalue weighted by atomic mass is 9.94. The first-order valence-corrected chi connectivity index (χ1v) is 7.61. The van der Waals surface area contributed by atoms with Crippen molar-refractivity contribution in [2.45, 2.75) is 38.0 Å². The molecule has 3 rings (SSSR count). The summed E-state index contributed by atoms with van der Waals surface area (Å²) in [5.41, 5.74) is 4.03. The highest BCUT2D eigenvalue weighted by molar-refractivity contribution is 6.32. The lowest BCUT2D eigenvalue weighted by molar-refractivity contribution is -0.115. The Balaban J connectivity index is 1.81. The number of amides is 1. The molecule has 0 aliphatic heterocycles. The summed E-state index contributed by atoms with van der Waals surface area (Å²) in [5, 5.41) is 6.37. The molecule has 0 unspecified atom stereocenters. The molecule has 1 atom stereocenters. The molecule has 0 fully saturated rings. The summed E-state index contributed by atoms with van der Waals surface area (Å²) in [6.07, 6.45) is 4.39. The number of nitrogens with zero attached hydrogens (tertiary/aromatic N) is 1. The number of carbonyl (C=O) groups is 1. The van der Waals surface area contributed by atoms with Crippen molar-refractivity contribution in [2.75, 3.05) is 5.32 Å². The van der Waals surface area contributed by atoms with Gasteiger partial charge in [-0.1, -0.05) is 5.16 Å². The zero-order valence-corrected chi connectivity index (χ0v) is 12.6. The third kappa shape index (κ3) is 2.95. The molecule has 0 spiro atoms. The van der Waals surface area contributed by atoms with Crippen molar-refractivity contribution in [2.24, 2.45) is 0 Å². The topological polar surface area (TPSA) is 55.1 Å². The Kier molecular flexibility index (Phi) is 3.97. The van der Waals surface area contributed by atoms with Gasteiger partial charge in [0.15, 0.2) is 5.76 Å². The Morgan fingerprint density at radius 1 is 1.29 bits per heavy atom. The Hall–Kier alpha value is -1.81. The zero-order chi connectivity index (χ0) is 14.8. The number of fused-ring (bicyclic) bond motifs is 1. The van der Waals surface area contributed by atoms with E-state index in [1.165, 1.54) is 18.4 Å². The van der Waals surface area contributed by atoms with Crippen LogP contribution >= 0.6 is 11.6 Å². The van der Waals surface area contributed by atoms with Gasteiger partial charge in [-0.3, -0.25) is 4.79 Å². The summed E-state index contributed by atoms with van der Waals surface area (Å²) >= 11 is 5.73. The SMILES string of the molecule is C[C@@H](Cl)C(=O)Nc1ccc(-c2onc3c2CCCC3)cc1. The summed E-state index contributed by atoms with van der Waals surface area (Å²) < 4.78 is 5.50. The number of alkyl halides is 1. The van der Waals surface area contributed by atoms with Crippen molar-refractivity contribution < 1.29 is 9.32 Å². The molecule has 0 saturated carbocycles. The van der Waals surface area contributed by atoms with Crippen LogP contribution in [-0.4, -0.2) is 16.4 Å². The van der Waals surface area contributed by atoms with E-state index < -0.39 is 5.38 Å². The molecule has 0 radical (unpaired) electrons. The molecule has 110 valence electrons. The summed E-state index contributed by atoms with van der Waals surface area (Å²) in [5.74, 6) is 0.648. The van der Waals surface area contributed by atoms with Crippen molar-refractivity contribution in [1.82, 2.24) is 5.16 Å². The van der Waals surface area contributed by atoms with Gasteiger partial charge in [-0.15, -0.1) is 11.6 Å². The predicted octanol–water partition coefficient (Wildman–Crippen LogP) is 3.79. The molecule has 1 N–H and O–H groups in total. The van der Waals surface area contributed by atoms with E-state index >= 15 is 0 Å². The molecule has 2 aromatic rings. The normalized spacial score (nSPS) is 15.3. The number of hydrogen-bond donors (Lipinski definition) is 1. The second kappa shape index (κ2) is 5.90. The van der Waals surface area contributed by atoms with E-state index in [0.717, 1.165) is 35.5 Å². The van der Waals surface area contributed by atoms with Gasteiger partial charge in [-0.2, -0.15) is 0 Å². The van der Waals surface area contributed by atoms with Gasteiger partial charge < -0.3 is 9.84 Å². The van der Waals surface area contributed by atoms with Crippen LogP contribution in [0.3, 0.4) is 0 Å². The first kappa shape index (κ1) is 14.1. The van der Waals surface area contributed by atoms with Crippen LogP contribution in [0.15, 0.2) is 28.8 Å². The lowest BCUT2D eigenvalue weighted by Crippen LogP contribution is -2.20. The van der Waals surface area contributed by atoms with Crippen LogP contribution < -0.4 is 5.32 Å². The highest BCUT2D eigenvalue weighted by Gasteiger charge is 2.20. The van der Waals surface area contributed by atoms with Crippen molar-refractivity contribution in [3.63, 3.8) is 0 Å². The molecule has 0 saturated heterocycles. The second-order valence-corrected chi connectivity index (χ2v) is 5.98. The van der Waals surface area contributed by atoms with Crippen LogP contribution in [0.5, 0.6) is 0 Å². The van der Waals surface area contributed by atoms with Gasteiger partial charge in [0.25, 0.3) is 0 Å².